The maximum absolute atomic E-state index is 12.6. The van der Waals surface area contributed by atoms with Crippen molar-refractivity contribution in [1.29, 1.82) is 0 Å². The molecular formula is C17H21N3OS2. The van der Waals surface area contributed by atoms with Gasteiger partial charge >= 0.3 is 0 Å². The van der Waals surface area contributed by atoms with Crippen molar-refractivity contribution in [3.8, 4) is 10.4 Å². The second-order valence-electron chi connectivity index (χ2n) is 5.66. The Labute approximate surface area is 143 Å². The van der Waals surface area contributed by atoms with E-state index in [1.807, 2.05) is 22.9 Å². The number of fused-ring (bicyclic) bond motifs is 1. The van der Waals surface area contributed by atoms with E-state index in [0.717, 1.165) is 28.1 Å². The summed E-state index contributed by atoms with van der Waals surface area (Å²) in [5.74, 6) is 0.717. The molecule has 1 atom stereocenters. The van der Waals surface area contributed by atoms with Gasteiger partial charge in [0, 0.05) is 21.9 Å². The quantitative estimate of drug-likeness (QED) is 0.687. The van der Waals surface area contributed by atoms with Crippen molar-refractivity contribution in [2.45, 2.75) is 45.7 Å². The second-order valence-corrected chi connectivity index (χ2v) is 7.47. The molecule has 0 aromatic carbocycles. The van der Waals surface area contributed by atoms with Crippen LogP contribution in [0.25, 0.3) is 20.7 Å². The zero-order valence-corrected chi connectivity index (χ0v) is 15.2. The van der Waals surface area contributed by atoms with Gasteiger partial charge in [0.1, 0.15) is 10.7 Å². The van der Waals surface area contributed by atoms with Gasteiger partial charge in [0.2, 0.25) is 0 Å². The molecule has 3 aromatic heterocycles. The molecule has 0 aliphatic heterocycles. The van der Waals surface area contributed by atoms with E-state index < -0.39 is 0 Å². The summed E-state index contributed by atoms with van der Waals surface area (Å²) < 4.78 is 0. The lowest BCUT2D eigenvalue weighted by Gasteiger charge is -2.20. The van der Waals surface area contributed by atoms with Crippen LogP contribution in [-0.2, 0) is 0 Å². The molecule has 23 heavy (non-hydrogen) atoms. The van der Waals surface area contributed by atoms with E-state index in [1.54, 1.807) is 11.3 Å². The number of hydrogen-bond donors (Lipinski definition) is 2. The Balaban J connectivity index is 1.98. The number of aromatic nitrogens is 2. The van der Waals surface area contributed by atoms with Gasteiger partial charge in [-0.15, -0.1) is 22.7 Å². The largest absolute Gasteiger partial charge is 0.309 e. The Kier molecular flexibility index (Phi) is 4.94. The molecule has 3 heterocycles. The monoisotopic (exact) mass is 347 g/mol. The van der Waals surface area contributed by atoms with Crippen LogP contribution in [-0.4, -0.2) is 16.0 Å². The highest BCUT2D eigenvalue weighted by atomic mass is 32.1. The first-order valence-corrected chi connectivity index (χ1v) is 9.71. The van der Waals surface area contributed by atoms with Gasteiger partial charge in [0.25, 0.3) is 5.56 Å². The summed E-state index contributed by atoms with van der Waals surface area (Å²) in [5, 5.41) is 8.29. The van der Waals surface area contributed by atoms with E-state index in [9.17, 15) is 4.79 Å². The molecule has 0 saturated carbocycles. The molecule has 4 nitrogen and oxygen atoms in total. The zero-order valence-electron chi connectivity index (χ0n) is 13.6. The summed E-state index contributed by atoms with van der Waals surface area (Å²) in [4.78, 5) is 22.2. The molecule has 0 bridgehead atoms. The van der Waals surface area contributed by atoms with Crippen molar-refractivity contribution in [2.24, 2.45) is 0 Å². The number of thiophene rings is 2. The highest BCUT2D eigenvalue weighted by Gasteiger charge is 2.17. The van der Waals surface area contributed by atoms with Gasteiger partial charge in [0.15, 0.2) is 0 Å². The van der Waals surface area contributed by atoms with Crippen LogP contribution < -0.4 is 10.9 Å². The molecule has 0 amide bonds. The van der Waals surface area contributed by atoms with Gasteiger partial charge in [-0.25, -0.2) is 4.98 Å². The third kappa shape index (κ3) is 3.24. The van der Waals surface area contributed by atoms with Crippen LogP contribution in [0.5, 0.6) is 0 Å². The molecule has 0 radical (unpaired) electrons. The summed E-state index contributed by atoms with van der Waals surface area (Å²) >= 11 is 3.18. The van der Waals surface area contributed by atoms with Gasteiger partial charge < -0.3 is 10.3 Å². The van der Waals surface area contributed by atoms with E-state index in [4.69, 9.17) is 4.98 Å². The average Bonchev–Trinajstić information content (AvgIpc) is 3.20. The first-order chi connectivity index (χ1) is 11.1. The number of H-pyrrole nitrogens is 1. The van der Waals surface area contributed by atoms with Crippen LogP contribution >= 0.6 is 22.7 Å². The SMILES string of the molecule is CCC(CC)N[C@@H](C)c1nc2scc(-c3cccs3)c2c(=O)[nH]1. The van der Waals surface area contributed by atoms with Crippen LogP contribution in [0.4, 0.5) is 0 Å². The molecule has 122 valence electrons. The van der Waals surface area contributed by atoms with E-state index in [1.165, 1.54) is 11.3 Å². The second kappa shape index (κ2) is 6.95. The molecular weight excluding hydrogens is 326 g/mol. The van der Waals surface area contributed by atoms with E-state index in [0.29, 0.717) is 17.3 Å². The fourth-order valence-corrected chi connectivity index (χ4v) is 4.51. The van der Waals surface area contributed by atoms with Gasteiger partial charge in [-0.2, -0.15) is 0 Å². The van der Waals surface area contributed by atoms with Gasteiger partial charge in [0.05, 0.1) is 11.4 Å². The number of aromatic amines is 1. The molecule has 0 saturated heterocycles. The average molecular weight is 348 g/mol. The van der Waals surface area contributed by atoms with Crippen LogP contribution in [0.1, 0.15) is 45.5 Å². The van der Waals surface area contributed by atoms with Crippen molar-refractivity contribution in [1.82, 2.24) is 15.3 Å². The lowest BCUT2D eigenvalue weighted by molar-refractivity contribution is 0.421. The molecule has 0 aliphatic rings. The molecule has 0 fully saturated rings. The molecule has 3 aromatic rings. The van der Waals surface area contributed by atoms with Crippen LogP contribution in [0.3, 0.4) is 0 Å². The fourth-order valence-electron chi connectivity index (χ4n) is 2.74. The Morgan fingerprint density at radius 2 is 2.09 bits per heavy atom. The van der Waals surface area contributed by atoms with Crippen molar-refractivity contribution < 1.29 is 0 Å². The summed E-state index contributed by atoms with van der Waals surface area (Å²) in [6.07, 6.45) is 2.13. The van der Waals surface area contributed by atoms with E-state index in [-0.39, 0.29) is 11.6 Å². The number of nitrogens with zero attached hydrogens (tertiary/aromatic N) is 1. The lowest BCUT2D eigenvalue weighted by atomic mass is 10.1. The van der Waals surface area contributed by atoms with Crippen molar-refractivity contribution in [3.05, 3.63) is 39.1 Å². The van der Waals surface area contributed by atoms with Crippen LogP contribution in [0.15, 0.2) is 27.7 Å². The zero-order chi connectivity index (χ0) is 16.4. The number of hydrogen-bond acceptors (Lipinski definition) is 5. The lowest BCUT2D eigenvalue weighted by Crippen LogP contribution is -2.32. The minimum Gasteiger partial charge on any atom is -0.309 e. The Bertz CT molecular complexity index is 831. The smallest absolute Gasteiger partial charge is 0.260 e. The van der Waals surface area contributed by atoms with E-state index >= 15 is 0 Å². The van der Waals surface area contributed by atoms with Crippen molar-refractivity contribution in [2.75, 3.05) is 0 Å². The first-order valence-electron chi connectivity index (χ1n) is 7.95. The summed E-state index contributed by atoms with van der Waals surface area (Å²) in [7, 11) is 0. The summed E-state index contributed by atoms with van der Waals surface area (Å²) in [5.41, 5.74) is 0.939. The van der Waals surface area contributed by atoms with Gasteiger partial charge in [-0.3, -0.25) is 4.79 Å². The minimum absolute atomic E-state index is 0.0317. The Hall–Kier alpha value is -1.50. The topological polar surface area (TPSA) is 57.8 Å². The van der Waals surface area contributed by atoms with Gasteiger partial charge in [-0.1, -0.05) is 19.9 Å². The maximum Gasteiger partial charge on any atom is 0.260 e. The fraction of sp³-hybridized carbons (Fsp3) is 0.412. The standard InChI is InChI=1S/C17H21N3OS2/c1-4-11(5-2)18-10(3)15-19-16(21)14-12(9-23-17(14)20-15)13-7-6-8-22-13/h6-11,18H,4-5H2,1-3H3,(H,19,20,21)/t10-/m0/s1. The molecule has 2 N–H and O–H groups in total. The Morgan fingerprint density at radius 1 is 1.30 bits per heavy atom. The number of rotatable bonds is 6. The van der Waals surface area contributed by atoms with Crippen molar-refractivity contribution in [3.63, 3.8) is 0 Å². The van der Waals surface area contributed by atoms with Crippen molar-refractivity contribution >= 4 is 32.9 Å². The summed E-state index contributed by atoms with van der Waals surface area (Å²) in [6, 6.07) is 4.51. The third-order valence-corrected chi connectivity index (χ3v) is 5.91. The molecule has 0 unspecified atom stereocenters. The molecule has 0 spiro atoms. The van der Waals surface area contributed by atoms with Gasteiger partial charge in [-0.05, 0) is 31.2 Å². The Morgan fingerprint density at radius 3 is 2.74 bits per heavy atom. The first kappa shape index (κ1) is 16.4. The minimum atomic E-state index is -0.0483. The molecule has 0 aliphatic carbocycles. The predicted octanol–water partition coefficient (Wildman–Crippen LogP) is 4.55. The molecule has 3 rings (SSSR count). The van der Waals surface area contributed by atoms with E-state index in [2.05, 4.69) is 31.1 Å². The normalized spacial score (nSPS) is 13.0. The summed E-state index contributed by atoms with van der Waals surface area (Å²) in [6.45, 7) is 6.38. The highest BCUT2D eigenvalue weighted by Crippen LogP contribution is 2.33. The third-order valence-electron chi connectivity index (χ3n) is 4.13. The number of nitrogens with one attached hydrogen (secondary N) is 2. The van der Waals surface area contributed by atoms with Crippen LogP contribution in [0, 0.1) is 0 Å². The molecule has 6 heteroatoms. The maximum atomic E-state index is 12.6. The predicted molar refractivity (Wildman–Crippen MR) is 99.5 cm³/mol. The van der Waals surface area contributed by atoms with Crippen LogP contribution in [0.2, 0.25) is 0 Å². The highest BCUT2D eigenvalue weighted by molar-refractivity contribution is 7.18.